The van der Waals surface area contributed by atoms with Gasteiger partial charge < -0.3 is 5.11 Å². The highest BCUT2D eigenvalue weighted by molar-refractivity contribution is 7.91. The zero-order valence-electron chi connectivity index (χ0n) is 6.94. The van der Waals surface area contributed by atoms with Crippen molar-refractivity contribution >= 4 is 9.84 Å². The van der Waals surface area contributed by atoms with E-state index in [0.717, 1.165) is 12.8 Å². The second kappa shape index (κ2) is 4.05. The van der Waals surface area contributed by atoms with Gasteiger partial charge >= 0.3 is 0 Å². The quantitative estimate of drug-likeness (QED) is 0.640. The zero-order valence-corrected chi connectivity index (χ0v) is 7.76. The smallest absolute Gasteiger partial charge is 0.150 e. The number of hydrogen-bond donors (Lipinski definition) is 1. The van der Waals surface area contributed by atoms with Gasteiger partial charge in [0.05, 0.1) is 18.1 Å². The minimum Gasteiger partial charge on any atom is -0.392 e. The summed E-state index contributed by atoms with van der Waals surface area (Å²) in [6.45, 7) is -0.00342. The predicted molar refractivity (Wildman–Crippen MR) is 47.6 cm³/mol. The Labute approximate surface area is 73.0 Å². The first-order valence-electron chi connectivity index (χ1n) is 4.12. The van der Waals surface area contributed by atoms with Gasteiger partial charge in [-0.05, 0) is 18.8 Å². The Balaban J connectivity index is 2.52. The Morgan fingerprint density at radius 3 is 2.83 bits per heavy atom. The van der Waals surface area contributed by atoms with Crippen molar-refractivity contribution in [3.05, 3.63) is 12.2 Å². The average Bonchev–Trinajstić information content (AvgIpc) is 1.99. The van der Waals surface area contributed by atoms with Crippen LogP contribution in [0.5, 0.6) is 0 Å². The maximum Gasteiger partial charge on any atom is 0.150 e. The third-order valence-corrected chi connectivity index (χ3v) is 3.86. The van der Waals surface area contributed by atoms with Crippen molar-refractivity contribution < 1.29 is 13.5 Å². The maximum absolute atomic E-state index is 11.1. The monoisotopic (exact) mass is 190 g/mol. The van der Waals surface area contributed by atoms with Gasteiger partial charge in [-0.1, -0.05) is 12.2 Å². The Hall–Kier alpha value is -0.350. The first-order valence-corrected chi connectivity index (χ1v) is 5.94. The third-order valence-electron chi connectivity index (χ3n) is 2.01. The van der Waals surface area contributed by atoms with E-state index >= 15 is 0 Å². The second-order valence-corrected chi connectivity index (χ2v) is 5.36. The van der Waals surface area contributed by atoms with Crippen molar-refractivity contribution in [3.63, 3.8) is 0 Å². The van der Waals surface area contributed by atoms with Gasteiger partial charge in [0.1, 0.15) is 0 Å². The van der Waals surface area contributed by atoms with Crippen molar-refractivity contribution in [1.29, 1.82) is 0 Å². The largest absolute Gasteiger partial charge is 0.392 e. The number of rotatable bonds is 2. The number of sulfone groups is 1. The van der Waals surface area contributed by atoms with Crippen molar-refractivity contribution in [2.24, 2.45) is 5.92 Å². The van der Waals surface area contributed by atoms with Crippen LogP contribution in [0, 0.1) is 5.92 Å². The van der Waals surface area contributed by atoms with Crippen LogP contribution in [0.15, 0.2) is 12.2 Å². The molecule has 70 valence electrons. The molecule has 3 nitrogen and oxygen atoms in total. The van der Waals surface area contributed by atoms with Gasteiger partial charge in [-0.15, -0.1) is 0 Å². The number of allylic oxidation sites excluding steroid dienone is 1. The summed E-state index contributed by atoms with van der Waals surface area (Å²) in [4.78, 5) is 0. The molecule has 12 heavy (non-hydrogen) atoms. The van der Waals surface area contributed by atoms with E-state index in [0.29, 0.717) is 5.75 Å². The molecule has 1 aliphatic heterocycles. The summed E-state index contributed by atoms with van der Waals surface area (Å²) in [6.07, 6.45) is 5.10. The summed E-state index contributed by atoms with van der Waals surface area (Å²) in [5.74, 6) is 0.705. The summed E-state index contributed by atoms with van der Waals surface area (Å²) in [5.41, 5.74) is 0. The first-order chi connectivity index (χ1) is 5.64. The number of aliphatic hydroxyl groups is 1. The molecule has 1 aliphatic rings. The van der Waals surface area contributed by atoms with Gasteiger partial charge in [0, 0.05) is 0 Å². The molecular weight excluding hydrogens is 176 g/mol. The third kappa shape index (κ3) is 2.95. The van der Waals surface area contributed by atoms with Crippen LogP contribution in [0.25, 0.3) is 0 Å². The Kier molecular flexibility index (Phi) is 3.29. The molecule has 1 rings (SSSR count). The van der Waals surface area contributed by atoms with E-state index in [9.17, 15) is 8.42 Å². The second-order valence-electron chi connectivity index (χ2n) is 3.13. The van der Waals surface area contributed by atoms with Crippen molar-refractivity contribution in [2.75, 3.05) is 18.1 Å². The van der Waals surface area contributed by atoms with Crippen LogP contribution < -0.4 is 0 Å². The van der Waals surface area contributed by atoms with Crippen LogP contribution >= 0.6 is 0 Å². The van der Waals surface area contributed by atoms with Gasteiger partial charge in [-0.3, -0.25) is 0 Å². The van der Waals surface area contributed by atoms with E-state index in [1.807, 2.05) is 0 Å². The normalized spacial score (nSPS) is 29.2. The molecule has 0 aliphatic carbocycles. The predicted octanol–water partition coefficient (Wildman–Crippen LogP) is 0.360. The lowest BCUT2D eigenvalue weighted by atomic mass is 10.1. The molecule has 0 aromatic carbocycles. The van der Waals surface area contributed by atoms with Crippen LogP contribution in [-0.2, 0) is 9.84 Å². The van der Waals surface area contributed by atoms with Gasteiger partial charge in [-0.2, -0.15) is 0 Å². The summed E-state index contributed by atoms with van der Waals surface area (Å²) in [7, 11) is -2.80. The first kappa shape index (κ1) is 9.74. The van der Waals surface area contributed by atoms with E-state index in [1.54, 1.807) is 12.2 Å². The highest BCUT2D eigenvalue weighted by atomic mass is 32.2. The molecule has 0 amide bonds. The van der Waals surface area contributed by atoms with E-state index in [-0.39, 0.29) is 18.3 Å². The van der Waals surface area contributed by atoms with E-state index < -0.39 is 9.84 Å². The van der Waals surface area contributed by atoms with E-state index in [2.05, 4.69) is 0 Å². The fraction of sp³-hybridized carbons (Fsp3) is 0.750. The molecule has 4 heteroatoms. The molecule has 0 aromatic rings. The van der Waals surface area contributed by atoms with Gasteiger partial charge in [0.2, 0.25) is 0 Å². The van der Waals surface area contributed by atoms with E-state index in [1.165, 1.54) is 0 Å². The zero-order chi connectivity index (χ0) is 9.03. The lowest BCUT2D eigenvalue weighted by Gasteiger charge is -2.18. The topological polar surface area (TPSA) is 54.4 Å². The van der Waals surface area contributed by atoms with Crippen molar-refractivity contribution in [1.82, 2.24) is 0 Å². The number of aliphatic hydroxyl groups excluding tert-OH is 1. The molecule has 1 fully saturated rings. The summed E-state index contributed by atoms with van der Waals surface area (Å²) >= 11 is 0. The highest BCUT2D eigenvalue weighted by Crippen LogP contribution is 2.18. The van der Waals surface area contributed by atoms with Crippen LogP contribution in [0.2, 0.25) is 0 Å². The standard InChI is InChI=1S/C8H14O3S/c9-5-1-3-8-4-2-6-12(10,11)7-8/h1,3,8-9H,2,4-7H2/b3-1+. The summed E-state index contributed by atoms with van der Waals surface area (Å²) < 4.78 is 22.3. The molecular formula is C8H14O3S. The van der Waals surface area contributed by atoms with Crippen molar-refractivity contribution in [2.45, 2.75) is 12.8 Å². The molecule has 0 bridgehead atoms. The molecule has 0 aromatic heterocycles. The summed E-state index contributed by atoms with van der Waals surface area (Å²) in [5, 5.41) is 8.49. The lowest BCUT2D eigenvalue weighted by molar-refractivity contribution is 0.341. The molecule has 1 atom stereocenters. The SMILES string of the molecule is O=S1(=O)CCCC(/C=C/CO)C1. The highest BCUT2D eigenvalue weighted by Gasteiger charge is 2.22. The van der Waals surface area contributed by atoms with Crippen LogP contribution in [0.4, 0.5) is 0 Å². The molecule has 0 spiro atoms. The average molecular weight is 190 g/mol. The number of hydrogen-bond acceptors (Lipinski definition) is 3. The maximum atomic E-state index is 11.1. The molecule has 1 N–H and O–H groups in total. The molecule has 1 saturated heterocycles. The fourth-order valence-electron chi connectivity index (χ4n) is 1.46. The Bertz CT molecular complexity index is 253. The van der Waals surface area contributed by atoms with Crippen LogP contribution in [0.3, 0.4) is 0 Å². The van der Waals surface area contributed by atoms with Gasteiger partial charge in [0.15, 0.2) is 9.84 Å². The van der Waals surface area contributed by atoms with E-state index in [4.69, 9.17) is 5.11 Å². The summed E-state index contributed by atoms with van der Waals surface area (Å²) in [6, 6.07) is 0. The van der Waals surface area contributed by atoms with Crippen LogP contribution in [-0.4, -0.2) is 31.6 Å². The molecule has 1 unspecified atom stereocenters. The molecule has 0 saturated carbocycles. The minimum atomic E-state index is -2.80. The van der Waals surface area contributed by atoms with Gasteiger partial charge in [-0.25, -0.2) is 8.42 Å². The fourth-order valence-corrected chi connectivity index (χ4v) is 3.17. The lowest BCUT2D eigenvalue weighted by Crippen LogP contribution is -2.23. The minimum absolute atomic E-state index is 0.00342. The molecule has 1 heterocycles. The Morgan fingerprint density at radius 1 is 1.50 bits per heavy atom. The van der Waals surface area contributed by atoms with Crippen LogP contribution in [0.1, 0.15) is 12.8 Å². The molecule has 0 radical (unpaired) electrons. The Morgan fingerprint density at radius 2 is 2.25 bits per heavy atom. The van der Waals surface area contributed by atoms with Gasteiger partial charge in [0.25, 0.3) is 0 Å². The van der Waals surface area contributed by atoms with Crippen molar-refractivity contribution in [3.8, 4) is 0 Å².